The van der Waals surface area contributed by atoms with E-state index in [9.17, 15) is 15.0 Å². The molecule has 0 spiro atoms. The minimum absolute atomic E-state index is 0.137. The average Bonchev–Trinajstić information content (AvgIpc) is 2.72. The summed E-state index contributed by atoms with van der Waals surface area (Å²) in [5.74, 6) is 0.493. The Balaban J connectivity index is 2.01. The average molecular weight is 280 g/mol. The van der Waals surface area contributed by atoms with Gasteiger partial charge in [-0.15, -0.1) is 0 Å². The summed E-state index contributed by atoms with van der Waals surface area (Å²) in [5.41, 5.74) is -0.458. The highest BCUT2D eigenvalue weighted by Gasteiger charge is 2.44. The number of aliphatic hydroxyl groups excluding tert-OH is 2. The zero-order valence-electron chi connectivity index (χ0n) is 11.5. The van der Waals surface area contributed by atoms with Crippen LogP contribution in [0.15, 0.2) is 24.5 Å². The molecule has 1 aliphatic rings. The van der Waals surface area contributed by atoms with Crippen LogP contribution < -0.4 is 10.1 Å². The predicted octanol–water partition coefficient (Wildman–Crippen LogP) is 0.0985. The number of amides is 1. The number of nitrogens with one attached hydrogen (secondary N) is 1. The molecule has 1 saturated carbocycles. The van der Waals surface area contributed by atoms with Crippen LogP contribution in [-0.2, 0) is 4.79 Å². The van der Waals surface area contributed by atoms with E-state index in [0.717, 1.165) is 0 Å². The van der Waals surface area contributed by atoms with Gasteiger partial charge in [0.2, 0.25) is 5.91 Å². The molecule has 1 amide bonds. The first-order valence-electron chi connectivity index (χ1n) is 6.64. The van der Waals surface area contributed by atoms with Crippen LogP contribution in [0.3, 0.4) is 0 Å². The van der Waals surface area contributed by atoms with Gasteiger partial charge < -0.3 is 20.3 Å². The Kier molecular flexibility index (Phi) is 4.57. The molecular formula is C14H20N2O4. The zero-order chi connectivity index (χ0) is 14.6. The molecule has 3 atom stereocenters. The summed E-state index contributed by atoms with van der Waals surface area (Å²) in [7, 11) is 0. The minimum atomic E-state index is -0.777. The molecule has 110 valence electrons. The van der Waals surface area contributed by atoms with E-state index < -0.39 is 17.6 Å². The number of carbonyl (C=O) groups excluding carboxylic acids is 1. The Morgan fingerprint density at radius 1 is 1.50 bits per heavy atom. The van der Waals surface area contributed by atoms with Crippen LogP contribution in [0.4, 0.5) is 0 Å². The van der Waals surface area contributed by atoms with Crippen LogP contribution in [0.1, 0.15) is 19.8 Å². The standard InChI is InChI=1S/C14H20N2O4/c1-10(17)16-8-14(5-12(18)13(19)6-14)9-20-11-3-2-4-15-7-11/h2-4,7,12-13,18-19H,5-6,8-9H2,1H3,(H,16,17)/t12-,13+,14?. The molecule has 20 heavy (non-hydrogen) atoms. The molecule has 0 aliphatic heterocycles. The molecule has 0 aromatic carbocycles. The van der Waals surface area contributed by atoms with E-state index in [1.54, 1.807) is 24.5 Å². The Labute approximate surface area is 117 Å². The van der Waals surface area contributed by atoms with Gasteiger partial charge in [0.25, 0.3) is 0 Å². The van der Waals surface area contributed by atoms with Gasteiger partial charge >= 0.3 is 0 Å². The second kappa shape index (κ2) is 6.19. The summed E-state index contributed by atoms with van der Waals surface area (Å²) in [5, 5.41) is 22.3. The van der Waals surface area contributed by atoms with Gasteiger partial charge in [0, 0.05) is 25.1 Å². The molecule has 3 N–H and O–H groups in total. The summed E-state index contributed by atoms with van der Waals surface area (Å²) in [4.78, 5) is 15.1. The molecule has 6 nitrogen and oxygen atoms in total. The maximum absolute atomic E-state index is 11.1. The number of hydrogen-bond acceptors (Lipinski definition) is 5. The van der Waals surface area contributed by atoms with Crippen LogP contribution in [0.2, 0.25) is 0 Å². The minimum Gasteiger partial charge on any atom is -0.491 e. The molecule has 2 rings (SSSR count). The van der Waals surface area contributed by atoms with Gasteiger partial charge in [0.05, 0.1) is 25.0 Å². The quantitative estimate of drug-likeness (QED) is 0.711. The van der Waals surface area contributed by atoms with Crippen molar-refractivity contribution in [1.29, 1.82) is 0 Å². The van der Waals surface area contributed by atoms with Gasteiger partial charge in [0.15, 0.2) is 0 Å². The second-order valence-electron chi connectivity index (χ2n) is 5.43. The number of aliphatic hydroxyl groups is 2. The third-order valence-corrected chi connectivity index (χ3v) is 3.62. The summed E-state index contributed by atoms with van der Waals surface area (Å²) in [6.45, 7) is 2.13. The van der Waals surface area contributed by atoms with E-state index in [-0.39, 0.29) is 5.91 Å². The fourth-order valence-electron chi connectivity index (χ4n) is 2.54. The Morgan fingerprint density at radius 2 is 2.20 bits per heavy atom. The lowest BCUT2D eigenvalue weighted by molar-refractivity contribution is -0.119. The van der Waals surface area contributed by atoms with E-state index in [0.29, 0.717) is 31.7 Å². The van der Waals surface area contributed by atoms with Crippen molar-refractivity contribution in [2.24, 2.45) is 5.41 Å². The summed E-state index contributed by atoms with van der Waals surface area (Å²) in [6, 6.07) is 3.56. The molecule has 1 aliphatic carbocycles. The zero-order valence-corrected chi connectivity index (χ0v) is 11.5. The topological polar surface area (TPSA) is 91.7 Å². The molecular weight excluding hydrogens is 260 g/mol. The van der Waals surface area contributed by atoms with Crippen molar-refractivity contribution in [3.05, 3.63) is 24.5 Å². The van der Waals surface area contributed by atoms with Crippen molar-refractivity contribution in [2.45, 2.75) is 32.0 Å². The van der Waals surface area contributed by atoms with E-state index in [1.165, 1.54) is 6.92 Å². The summed E-state index contributed by atoms with van der Waals surface area (Å²) >= 11 is 0. The number of pyridine rings is 1. The molecule has 0 radical (unpaired) electrons. The van der Waals surface area contributed by atoms with Crippen molar-refractivity contribution in [1.82, 2.24) is 10.3 Å². The van der Waals surface area contributed by atoms with Gasteiger partial charge in [-0.25, -0.2) is 0 Å². The summed E-state index contributed by atoms with van der Waals surface area (Å²) in [6.07, 6.45) is 2.50. The van der Waals surface area contributed by atoms with Crippen molar-refractivity contribution < 1.29 is 19.7 Å². The predicted molar refractivity (Wildman–Crippen MR) is 72.1 cm³/mol. The molecule has 1 aromatic rings. The molecule has 0 bridgehead atoms. The highest BCUT2D eigenvalue weighted by Crippen LogP contribution is 2.38. The number of hydrogen-bond donors (Lipinski definition) is 3. The van der Waals surface area contributed by atoms with Crippen LogP contribution in [-0.4, -0.2) is 46.5 Å². The number of rotatable bonds is 5. The lowest BCUT2D eigenvalue weighted by Gasteiger charge is -2.28. The Bertz CT molecular complexity index is 442. The van der Waals surface area contributed by atoms with Crippen molar-refractivity contribution in [2.75, 3.05) is 13.2 Å². The maximum Gasteiger partial charge on any atom is 0.216 e. The third-order valence-electron chi connectivity index (χ3n) is 3.62. The Morgan fingerprint density at radius 3 is 2.75 bits per heavy atom. The van der Waals surface area contributed by atoms with Gasteiger partial charge in [-0.3, -0.25) is 9.78 Å². The van der Waals surface area contributed by atoms with Crippen LogP contribution in [0.5, 0.6) is 5.75 Å². The Hall–Kier alpha value is -1.66. The number of nitrogens with zero attached hydrogens (tertiary/aromatic N) is 1. The van der Waals surface area contributed by atoms with Gasteiger partial charge in [-0.2, -0.15) is 0 Å². The molecule has 1 fully saturated rings. The van der Waals surface area contributed by atoms with Gasteiger partial charge in [0.1, 0.15) is 5.75 Å². The maximum atomic E-state index is 11.1. The van der Waals surface area contributed by atoms with Crippen molar-refractivity contribution in [3.63, 3.8) is 0 Å². The lowest BCUT2D eigenvalue weighted by Crippen LogP contribution is -2.39. The highest BCUT2D eigenvalue weighted by molar-refractivity contribution is 5.72. The molecule has 1 aromatic heterocycles. The molecule has 0 saturated heterocycles. The highest BCUT2D eigenvalue weighted by atomic mass is 16.5. The molecule has 1 unspecified atom stereocenters. The third kappa shape index (κ3) is 3.68. The number of ether oxygens (including phenoxy) is 1. The van der Waals surface area contributed by atoms with Gasteiger partial charge in [-0.05, 0) is 25.0 Å². The van der Waals surface area contributed by atoms with E-state index >= 15 is 0 Å². The number of carbonyl (C=O) groups is 1. The van der Waals surface area contributed by atoms with Gasteiger partial charge in [-0.1, -0.05) is 0 Å². The number of aromatic nitrogens is 1. The fourth-order valence-corrected chi connectivity index (χ4v) is 2.54. The van der Waals surface area contributed by atoms with Crippen LogP contribution >= 0.6 is 0 Å². The van der Waals surface area contributed by atoms with Crippen molar-refractivity contribution >= 4 is 5.91 Å². The van der Waals surface area contributed by atoms with E-state index in [2.05, 4.69) is 10.3 Å². The normalized spacial score (nSPS) is 29.1. The van der Waals surface area contributed by atoms with Crippen LogP contribution in [0.25, 0.3) is 0 Å². The SMILES string of the molecule is CC(=O)NCC1(COc2cccnc2)C[C@@H](O)[C@@H](O)C1. The first-order valence-corrected chi connectivity index (χ1v) is 6.64. The van der Waals surface area contributed by atoms with E-state index in [4.69, 9.17) is 4.74 Å². The van der Waals surface area contributed by atoms with Crippen LogP contribution in [0, 0.1) is 5.41 Å². The monoisotopic (exact) mass is 280 g/mol. The lowest BCUT2D eigenvalue weighted by atomic mass is 9.86. The molecule has 6 heteroatoms. The molecule has 1 heterocycles. The first-order chi connectivity index (χ1) is 9.51. The fraction of sp³-hybridized carbons (Fsp3) is 0.571. The summed E-state index contributed by atoms with van der Waals surface area (Å²) < 4.78 is 5.69. The largest absolute Gasteiger partial charge is 0.491 e. The van der Waals surface area contributed by atoms with E-state index in [1.807, 2.05) is 0 Å². The first kappa shape index (κ1) is 14.7. The second-order valence-corrected chi connectivity index (χ2v) is 5.43. The van der Waals surface area contributed by atoms with Crippen molar-refractivity contribution in [3.8, 4) is 5.75 Å². The smallest absolute Gasteiger partial charge is 0.216 e.